The lowest BCUT2D eigenvalue weighted by Gasteiger charge is -2.47. The molecule has 1 unspecified atom stereocenters. The summed E-state index contributed by atoms with van der Waals surface area (Å²) in [5.41, 5.74) is 1.87. The summed E-state index contributed by atoms with van der Waals surface area (Å²) in [5, 5.41) is 1.15. The van der Waals surface area contributed by atoms with Gasteiger partial charge in [0.05, 0.1) is 25.7 Å². The van der Waals surface area contributed by atoms with Crippen molar-refractivity contribution in [3.63, 3.8) is 0 Å². The number of rotatable bonds is 3. The Bertz CT molecular complexity index is 1370. The SMILES string of the molecule is CC1(C)COC2(CCN(C(=O)CC3c4ccccc4C(=O)N3c3ccc4ccc(Cl)nc4n3)CC2)OC1. The Kier molecular flexibility index (Phi) is 5.93. The van der Waals surface area contributed by atoms with Crippen molar-refractivity contribution in [2.75, 3.05) is 31.2 Å². The third kappa shape index (κ3) is 4.47. The maximum atomic E-state index is 13.5. The Morgan fingerprint density at radius 1 is 1.03 bits per heavy atom. The van der Waals surface area contributed by atoms with Crippen molar-refractivity contribution in [2.45, 2.75) is 44.9 Å². The van der Waals surface area contributed by atoms with Crippen LogP contribution in [0.4, 0.5) is 5.82 Å². The first-order valence-electron chi connectivity index (χ1n) is 12.7. The van der Waals surface area contributed by atoms with E-state index in [1.807, 2.05) is 35.2 Å². The van der Waals surface area contributed by atoms with Crippen LogP contribution in [0.5, 0.6) is 0 Å². The normalized spacial score (nSPS) is 22.5. The van der Waals surface area contributed by atoms with E-state index in [9.17, 15) is 9.59 Å². The number of piperidine rings is 1. The molecule has 37 heavy (non-hydrogen) atoms. The van der Waals surface area contributed by atoms with Crippen molar-refractivity contribution in [1.82, 2.24) is 14.9 Å². The van der Waals surface area contributed by atoms with Crippen LogP contribution in [0.2, 0.25) is 5.15 Å². The number of fused-ring (bicyclic) bond motifs is 2. The number of carbonyl (C=O) groups excluding carboxylic acids is 2. The molecule has 2 fully saturated rings. The molecule has 1 spiro atoms. The molecule has 9 heteroatoms. The summed E-state index contributed by atoms with van der Waals surface area (Å²) < 4.78 is 12.3. The fourth-order valence-electron chi connectivity index (χ4n) is 5.37. The van der Waals surface area contributed by atoms with Crippen LogP contribution in [-0.2, 0) is 14.3 Å². The van der Waals surface area contributed by atoms with Gasteiger partial charge >= 0.3 is 0 Å². The number of hydrogen-bond donors (Lipinski definition) is 0. The predicted octanol–water partition coefficient (Wildman–Crippen LogP) is 4.77. The molecule has 2 aromatic heterocycles. The van der Waals surface area contributed by atoms with Crippen molar-refractivity contribution < 1.29 is 19.1 Å². The number of hydrogen-bond acceptors (Lipinski definition) is 6. The average Bonchev–Trinajstić information content (AvgIpc) is 3.17. The molecule has 0 bridgehead atoms. The average molecular weight is 521 g/mol. The summed E-state index contributed by atoms with van der Waals surface area (Å²) >= 11 is 6.08. The molecule has 6 rings (SSSR count). The number of amides is 2. The number of nitrogens with zero attached hydrogens (tertiary/aromatic N) is 4. The lowest BCUT2D eigenvalue weighted by Crippen LogP contribution is -2.54. The summed E-state index contributed by atoms with van der Waals surface area (Å²) in [5.74, 6) is -0.332. The van der Waals surface area contributed by atoms with E-state index < -0.39 is 11.8 Å². The van der Waals surface area contributed by atoms with Crippen molar-refractivity contribution in [2.24, 2.45) is 5.41 Å². The van der Waals surface area contributed by atoms with Gasteiger partial charge in [-0.15, -0.1) is 0 Å². The summed E-state index contributed by atoms with van der Waals surface area (Å²) in [7, 11) is 0. The van der Waals surface area contributed by atoms with E-state index in [4.69, 9.17) is 21.1 Å². The van der Waals surface area contributed by atoms with Gasteiger partial charge in [0.2, 0.25) is 5.91 Å². The third-order valence-corrected chi connectivity index (χ3v) is 7.74. The van der Waals surface area contributed by atoms with Gasteiger partial charge in [0.1, 0.15) is 11.0 Å². The quantitative estimate of drug-likeness (QED) is 0.463. The Morgan fingerprint density at radius 3 is 2.49 bits per heavy atom. The summed E-state index contributed by atoms with van der Waals surface area (Å²) in [4.78, 5) is 39.5. The van der Waals surface area contributed by atoms with Crippen molar-refractivity contribution in [1.29, 1.82) is 0 Å². The second-order valence-electron chi connectivity index (χ2n) is 10.9. The maximum Gasteiger partial charge on any atom is 0.260 e. The Morgan fingerprint density at radius 2 is 1.73 bits per heavy atom. The van der Waals surface area contributed by atoms with E-state index >= 15 is 0 Å². The molecule has 192 valence electrons. The van der Waals surface area contributed by atoms with Crippen molar-refractivity contribution in [3.05, 3.63) is 64.8 Å². The van der Waals surface area contributed by atoms with Crippen LogP contribution in [0.3, 0.4) is 0 Å². The Balaban J connectivity index is 1.23. The van der Waals surface area contributed by atoms with Crippen molar-refractivity contribution >= 4 is 40.3 Å². The number of aromatic nitrogens is 2. The maximum absolute atomic E-state index is 13.5. The molecule has 8 nitrogen and oxygen atoms in total. The van der Waals surface area contributed by atoms with Gasteiger partial charge in [-0.1, -0.05) is 43.6 Å². The number of halogens is 1. The largest absolute Gasteiger partial charge is 0.349 e. The molecule has 0 radical (unpaired) electrons. The van der Waals surface area contributed by atoms with E-state index in [0.717, 1.165) is 10.9 Å². The molecule has 2 amide bonds. The number of benzene rings is 1. The zero-order chi connectivity index (χ0) is 25.8. The highest BCUT2D eigenvalue weighted by Crippen LogP contribution is 2.41. The first kappa shape index (κ1) is 24.3. The molecule has 0 aliphatic carbocycles. The van der Waals surface area contributed by atoms with Gasteiger partial charge in [0.25, 0.3) is 5.91 Å². The second kappa shape index (κ2) is 9.04. The number of anilines is 1. The Labute approximate surface area is 220 Å². The predicted molar refractivity (Wildman–Crippen MR) is 139 cm³/mol. The standard InChI is InChI=1S/C28H29ClN4O4/c1-27(2)16-36-28(37-17-27)11-13-32(14-12-28)24(34)15-21-19-5-3-4-6-20(19)26(35)33(21)23-10-8-18-7-9-22(29)30-25(18)31-23/h3-10,21H,11-17H2,1-2H3. The van der Waals surface area contributed by atoms with Gasteiger partial charge in [0, 0.05) is 42.3 Å². The molecule has 1 aromatic carbocycles. The third-order valence-electron chi connectivity index (χ3n) is 7.53. The minimum absolute atomic E-state index is 0.00170. The van der Waals surface area contributed by atoms with E-state index in [1.54, 1.807) is 23.1 Å². The topological polar surface area (TPSA) is 84.9 Å². The zero-order valence-electron chi connectivity index (χ0n) is 20.9. The fourth-order valence-corrected chi connectivity index (χ4v) is 5.52. The zero-order valence-corrected chi connectivity index (χ0v) is 21.7. The van der Waals surface area contributed by atoms with Gasteiger partial charge in [0.15, 0.2) is 11.4 Å². The summed E-state index contributed by atoms with van der Waals surface area (Å²) in [6.07, 6.45) is 1.43. The minimum atomic E-state index is -0.600. The van der Waals surface area contributed by atoms with Crippen molar-refractivity contribution in [3.8, 4) is 0 Å². The molecule has 5 heterocycles. The van der Waals surface area contributed by atoms with Crippen LogP contribution in [0.15, 0.2) is 48.5 Å². The van der Waals surface area contributed by atoms with Crippen LogP contribution in [0.25, 0.3) is 11.0 Å². The first-order valence-corrected chi connectivity index (χ1v) is 13.0. The summed E-state index contributed by atoms with van der Waals surface area (Å²) in [6, 6.07) is 14.2. The van der Waals surface area contributed by atoms with Gasteiger partial charge in [-0.2, -0.15) is 0 Å². The molecule has 0 N–H and O–H groups in total. The molecular weight excluding hydrogens is 492 g/mol. The lowest BCUT2D eigenvalue weighted by molar-refractivity contribution is -0.311. The second-order valence-corrected chi connectivity index (χ2v) is 11.3. The van der Waals surface area contributed by atoms with Gasteiger partial charge in [-0.05, 0) is 35.9 Å². The molecule has 3 aliphatic rings. The monoisotopic (exact) mass is 520 g/mol. The highest BCUT2D eigenvalue weighted by atomic mass is 35.5. The molecule has 1 atom stereocenters. The lowest BCUT2D eigenvalue weighted by atomic mass is 9.92. The van der Waals surface area contributed by atoms with Crippen LogP contribution >= 0.6 is 11.6 Å². The Hall–Kier alpha value is -3.07. The molecule has 3 aromatic rings. The number of carbonyl (C=O) groups is 2. The molecule has 2 saturated heterocycles. The van der Waals surface area contributed by atoms with Gasteiger partial charge in [-0.25, -0.2) is 9.97 Å². The van der Waals surface area contributed by atoms with E-state index in [0.29, 0.717) is 61.3 Å². The van der Waals surface area contributed by atoms with Gasteiger partial charge < -0.3 is 14.4 Å². The van der Waals surface area contributed by atoms with E-state index in [2.05, 4.69) is 23.8 Å². The minimum Gasteiger partial charge on any atom is -0.349 e. The van der Waals surface area contributed by atoms with Crippen LogP contribution < -0.4 is 4.90 Å². The number of ether oxygens (including phenoxy) is 2. The van der Waals surface area contributed by atoms with Crippen LogP contribution in [0, 0.1) is 5.41 Å². The van der Waals surface area contributed by atoms with Crippen LogP contribution in [0.1, 0.15) is 55.1 Å². The first-order chi connectivity index (χ1) is 17.7. The summed E-state index contributed by atoms with van der Waals surface area (Å²) in [6.45, 7) is 6.65. The highest BCUT2D eigenvalue weighted by Gasteiger charge is 2.45. The van der Waals surface area contributed by atoms with E-state index in [-0.39, 0.29) is 23.7 Å². The molecule has 0 saturated carbocycles. The molecule has 3 aliphatic heterocycles. The smallest absolute Gasteiger partial charge is 0.260 e. The fraction of sp³-hybridized carbons (Fsp3) is 0.429. The number of pyridine rings is 2. The van der Waals surface area contributed by atoms with E-state index in [1.165, 1.54) is 0 Å². The molecular formula is C28H29ClN4O4. The number of likely N-dealkylation sites (tertiary alicyclic amines) is 1. The van der Waals surface area contributed by atoms with Crippen LogP contribution in [-0.4, -0.2) is 58.8 Å². The van der Waals surface area contributed by atoms with Gasteiger partial charge in [-0.3, -0.25) is 14.5 Å². The highest BCUT2D eigenvalue weighted by molar-refractivity contribution is 6.29.